The molecule has 4 nitrogen and oxygen atoms in total. The molecular formula is C21H15Cl2N2O2S-. The Bertz CT molecular complexity index is 999. The quantitative estimate of drug-likeness (QED) is 0.553. The molecule has 0 saturated carbocycles. The summed E-state index contributed by atoms with van der Waals surface area (Å²) in [4.78, 5) is 17.4. The first kappa shape index (κ1) is 19.0. The minimum absolute atomic E-state index is 0.216. The van der Waals surface area contributed by atoms with E-state index in [1.165, 1.54) is 11.0 Å². The second kappa shape index (κ2) is 7.95. The van der Waals surface area contributed by atoms with Crippen molar-refractivity contribution in [1.29, 1.82) is 0 Å². The minimum atomic E-state index is -1.29. The summed E-state index contributed by atoms with van der Waals surface area (Å²) in [5, 5.41) is 12.5. The van der Waals surface area contributed by atoms with Crippen molar-refractivity contribution < 1.29 is 9.90 Å². The standard InChI is InChI=1S/C21H16Cl2N2O2S/c22-15-10-9-14(13-16(15)23)24(21(26)27)11-12-25-17-5-1-3-7-19(17)28-20-8-4-2-6-18(20)25/h1-10,13H,11-12H2,(H,26,27)/p-1. The smallest absolute Gasteiger partial charge is 0.141 e. The van der Waals surface area contributed by atoms with Gasteiger partial charge < -0.3 is 19.7 Å². The molecule has 3 aromatic rings. The van der Waals surface area contributed by atoms with Crippen LogP contribution in [0.3, 0.4) is 0 Å². The summed E-state index contributed by atoms with van der Waals surface area (Å²) in [5.74, 6) is 0. The molecular weight excluding hydrogens is 415 g/mol. The number of halogens is 2. The zero-order chi connectivity index (χ0) is 19.7. The highest BCUT2D eigenvalue weighted by atomic mass is 35.5. The average Bonchev–Trinajstić information content (AvgIpc) is 2.69. The summed E-state index contributed by atoms with van der Waals surface area (Å²) < 4.78 is 0. The number of carbonyl (C=O) groups is 1. The lowest BCUT2D eigenvalue weighted by atomic mass is 10.2. The van der Waals surface area contributed by atoms with Gasteiger partial charge in [0.1, 0.15) is 6.09 Å². The summed E-state index contributed by atoms with van der Waals surface area (Å²) in [5.41, 5.74) is 2.54. The van der Waals surface area contributed by atoms with E-state index in [1.807, 2.05) is 36.4 Å². The zero-order valence-electron chi connectivity index (χ0n) is 14.6. The van der Waals surface area contributed by atoms with Crippen molar-refractivity contribution in [1.82, 2.24) is 0 Å². The van der Waals surface area contributed by atoms with Gasteiger partial charge in [-0.15, -0.1) is 0 Å². The van der Waals surface area contributed by atoms with E-state index in [0.717, 1.165) is 21.2 Å². The van der Waals surface area contributed by atoms with Crippen LogP contribution in [0.2, 0.25) is 10.0 Å². The van der Waals surface area contributed by atoms with Crippen LogP contribution in [0.4, 0.5) is 21.9 Å². The molecule has 0 saturated heterocycles. The van der Waals surface area contributed by atoms with Gasteiger partial charge in [0.15, 0.2) is 0 Å². The molecule has 0 unspecified atom stereocenters. The zero-order valence-corrected chi connectivity index (χ0v) is 17.0. The molecule has 0 radical (unpaired) electrons. The van der Waals surface area contributed by atoms with Crippen LogP contribution < -0.4 is 14.9 Å². The third kappa shape index (κ3) is 3.65. The molecule has 3 aromatic carbocycles. The molecule has 0 aliphatic carbocycles. The van der Waals surface area contributed by atoms with Gasteiger partial charge in [0.25, 0.3) is 0 Å². The van der Waals surface area contributed by atoms with Crippen LogP contribution in [0.5, 0.6) is 0 Å². The number of nitrogens with zero attached hydrogens (tertiary/aromatic N) is 2. The van der Waals surface area contributed by atoms with Gasteiger partial charge in [0.2, 0.25) is 0 Å². The number of carbonyl (C=O) groups excluding carboxylic acids is 1. The molecule has 142 valence electrons. The van der Waals surface area contributed by atoms with E-state index >= 15 is 0 Å². The first-order chi connectivity index (χ1) is 13.5. The van der Waals surface area contributed by atoms with Crippen molar-refractivity contribution in [3.8, 4) is 0 Å². The Morgan fingerprint density at radius 1 is 0.929 bits per heavy atom. The van der Waals surface area contributed by atoms with Crippen molar-refractivity contribution in [3.63, 3.8) is 0 Å². The van der Waals surface area contributed by atoms with Gasteiger partial charge in [-0.05, 0) is 42.5 Å². The number of rotatable bonds is 4. The van der Waals surface area contributed by atoms with E-state index in [1.54, 1.807) is 23.9 Å². The normalized spacial score (nSPS) is 12.3. The Kier molecular flexibility index (Phi) is 5.40. The second-order valence-electron chi connectivity index (χ2n) is 6.21. The molecule has 0 fully saturated rings. The lowest BCUT2D eigenvalue weighted by Gasteiger charge is -2.35. The lowest BCUT2D eigenvalue weighted by Crippen LogP contribution is -2.45. The largest absolute Gasteiger partial charge is 0.530 e. The van der Waals surface area contributed by atoms with Crippen LogP contribution >= 0.6 is 35.0 Å². The van der Waals surface area contributed by atoms with Crippen molar-refractivity contribution in [2.45, 2.75) is 9.79 Å². The predicted octanol–water partition coefficient (Wildman–Crippen LogP) is 5.45. The molecule has 0 aromatic heterocycles. The fourth-order valence-corrected chi connectivity index (χ4v) is 4.59. The molecule has 0 N–H and O–H groups in total. The van der Waals surface area contributed by atoms with Gasteiger partial charge in [-0.2, -0.15) is 0 Å². The maximum Gasteiger partial charge on any atom is 0.141 e. The van der Waals surface area contributed by atoms with Crippen molar-refractivity contribution in [3.05, 3.63) is 76.8 Å². The Balaban J connectivity index is 1.65. The van der Waals surface area contributed by atoms with Gasteiger partial charge >= 0.3 is 0 Å². The van der Waals surface area contributed by atoms with Gasteiger partial charge in [-0.25, -0.2) is 0 Å². The Labute approximate surface area is 177 Å². The summed E-state index contributed by atoms with van der Waals surface area (Å²) in [6, 6.07) is 20.9. The van der Waals surface area contributed by atoms with Crippen molar-refractivity contribution in [2.75, 3.05) is 22.9 Å². The molecule has 7 heteroatoms. The summed E-state index contributed by atoms with van der Waals surface area (Å²) in [7, 11) is 0. The second-order valence-corrected chi connectivity index (χ2v) is 8.10. The van der Waals surface area contributed by atoms with Crippen LogP contribution in [0, 0.1) is 0 Å². The molecule has 1 heterocycles. The van der Waals surface area contributed by atoms with Crippen LogP contribution in [-0.4, -0.2) is 19.2 Å². The highest BCUT2D eigenvalue weighted by Gasteiger charge is 2.23. The van der Waals surface area contributed by atoms with Gasteiger partial charge in [0, 0.05) is 28.6 Å². The highest BCUT2D eigenvalue weighted by molar-refractivity contribution is 7.99. The first-order valence-corrected chi connectivity index (χ1v) is 10.2. The van der Waals surface area contributed by atoms with E-state index in [4.69, 9.17) is 23.2 Å². The van der Waals surface area contributed by atoms with Crippen LogP contribution in [0.1, 0.15) is 0 Å². The first-order valence-electron chi connectivity index (χ1n) is 8.61. The number of fused-ring (bicyclic) bond motifs is 2. The van der Waals surface area contributed by atoms with E-state index in [-0.39, 0.29) is 6.54 Å². The maximum absolute atomic E-state index is 11.8. The van der Waals surface area contributed by atoms with Crippen LogP contribution in [0.25, 0.3) is 0 Å². The molecule has 4 rings (SSSR count). The number of benzene rings is 3. The summed E-state index contributed by atoms with van der Waals surface area (Å²) in [6.07, 6.45) is -1.29. The summed E-state index contributed by atoms with van der Waals surface area (Å²) in [6.45, 7) is 0.677. The van der Waals surface area contributed by atoms with Gasteiger partial charge in [-0.1, -0.05) is 59.2 Å². The minimum Gasteiger partial charge on any atom is -0.530 e. The average molecular weight is 430 g/mol. The Hall–Kier alpha value is -2.34. The molecule has 28 heavy (non-hydrogen) atoms. The molecule has 1 amide bonds. The third-order valence-corrected chi connectivity index (χ3v) is 6.38. The van der Waals surface area contributed by atoms with E-state index < -0.39 is 6.09 Å². The predicted molar refractivity (Wildman–Crippen MR) is 113 cm³/mol. The van der Waals surface area contributed by atoms with Gasteiger partial charge in [0.05, 0.1) is 21.4 Å². The SMILES string of the molecule is O=C([O-])N(CCN1c2ccccc2Sc2ccccc21)c1ccc(Cl)c(Cl)c1. The number of para-hydroxylation sites is 2. The molecule has 1 aliphatic heterocycles. The van der Waals surface area contributed by atoms with Crippen molar-refractivity contribution in [2.24, 2.45) is 0 Å². The van der Waals surface area contributed by atoms with E-state index in [9.17, 15) is 9.90 Å². The van der Waals surface area contributed by atoms with Crippen LogP contribution in [-0.2, 0) is 0 Å². The lowest BCUT2D eigenvalue weighted by molar-refractivity contribution is -0.246. The van der Waals surface area contributed by atoms with E-state index in [2.05, 4.69) is 17.0 Å². The number of hydrogen-bond donors (Lipinski definition) is 0. The third-order valence-electron chi connectivity index (χ3n) is 4.51. The monoisotopic (exact) mass is 429 g/mol. The number of amides is 1. The fourth-order valence-electron chi connectivity index (χ4n) is 3.20. The van der Waals surface area contributed by atoms with Crippen molar-refractivity contribution >= 4 is 58.1 Å². The maximum atomic E-state index is 11.8. The number of hydrogen-bond acceptors (Lipinski definition) is 4. The molecule has 1 aliphatic rings. The summed E-state index contributed by atoms with van der Waals surface area (Å²) >= 11 is 13.7. The van der Waals surface area contributed by atoms with Crippen LogP contribution in [0.15, 0.2) is 76.5 Å². The highest BCUT2D eigenvalue weighted by Crippen LogP contribution is 2.47. The Morgan fingerprint density at radius 3 is 2.11 bits per heavy atom. The number of carboxylic acid groups (broad SMARTS) is 1. The van der Waals surface area contributed by atoms with Gasteiger partial charge in [-0.3, -0.25) is 0 Å². The Morgan fingerprint density at radius 2 is 1.54 bits per heavy atom. The molecule has 0 spiro atoms. The molecule has 0 bridgehead atoms. The van der Waals surface area contributed by atoms with E-state index in [0.29, 0.717) is 22.3 Å². The topological polar surface area (TPSA) is 46.6 Å². The number of anilines is 3. The molecule has 0 atom stereocenters. The fraction of sp³-hybridized carbons (Fsp3) is 0.0952.